The number of hydrogen-bond acceptors (Lipinski definition) is 6. The number of halogens is 1. The van der Waals surface area contributed by atoms with E-state index in [0.717, 1.165) is 12.8 Å². The highest BCUT2D eigenvalue weighted by Crippen LogP contribution is 2.33. The summed E-state index contributed by atoms with van der Waals surface area (Å²) in [5.74, 6) is -0.202. The molecule has 0 saturated heterocycles. The van der Waals surface area contributed by atoms with E-state index < -0.39 is 17.6 Å². The van der Waals surface area contributed by atoms with Gasteiger partial charge in [0, 0.05) is 41.9 Å². The van der Waals surface area contributed by atoms with Crippen LogP contribution in [-0.4, -0.2) is 34.0 Å². The minimum atomic E-state index is -0.929. The van der Waals surface area contributed by atoms with Gasteiger partial charge in [0.2, 0.25) is 0 Å². The van der Waals surface area contributed by atoms with E-state index in [-0.39, 0.29) is 13.0 Å². The summed E-state index contributed by atoms with van der Waals surface area (Å²) >= 11 is 6.13. The molecule has 8 nitrogen and oxygen atoms in total. The number of carbonyl (C=O) groups excluding carboxylic acids is 1. The molecule has 33 heavy (non-hydrogen) atoms. The number of ether oxygens (including phenoxy) is 2. The fraction of sp³-hybridized carbons (Fsp3) is 0.333. The molecule has 0 amide bonds. The molecule has 9 heteroatoms. The molecule has 0 bridgehead atoms. The number of unbranched alkanes of at least 4 members (excludes halogenated alkanes) is 1. The first-order valence-electron chi connectivity index (χ1n) is 10.5. The lowest BCUT2D eigenvalue weighted by atomic mass is 10.00. The van der Waals surface area contributed by atoms with Crippen molar-refractivity contribution >= 4 is 17.6 Å². The van der Waals surface area contributed by atoms with Crippen LogP contribution in [0.1, 0.15) is 37.1 Å². The molecule has 3 rings (SSSR count). The van der Waals surface area contributed by atoms with Gasteiger partial charge >= 0.3 is 5.97 Å². The predicted octanol–water partition coefficient (Wildman–Crippen LogP) is 3.91. The van der Waals surface area contributed by atoms with Gasteiger partial charge in [-0.1, -0.05) is 24.9 Å². The van der Waals surface area contributed by atoms with E-state index in [1.54, 1.807) is 42.2 Å². The number of esters is 1. The van der Waals surface area contributed by atoms with Gasteiger partial charge in [0.05, 0.1) is 37.2 Å². The molecule has 0 aliphatic carbocycles. The van der Waals surface area contributed by atoms with Crippen LogP contribution >= 0.6 is 11.6 Å². The summed E-state index contributed by atoms with van der Waals surface area (Å²) in [5, 5.41) is 14.3. The number of pyridine rings is 1. The Morgan fingerprint density at radius 1 is 1.27 bits per heavy atom. The fourth-order valence-corrected chi connectivity index (χ4v) is 3.63. The van der Waals surface area contributed by atoms with Crippen molar-refractivity contribution in [1.82, 2.24) is 14.3 Å². The lowest BCUT2D eigenvalue weighted by Crippen LogP contribution is -2.32. The summed E-state index contributed by atoms with van der Waals surface area (Å²) in [6, 6.07) is 9.09. The Labute approximate surface area is 196 Å². The first-order chi connectivity index (χ1) is 15.9. The van der Waals surface area contributed by atoms with Crippen LogP contribution in [0.3, 0.4) is 0 Å². The number of nitriles is 1. The van der Waals surface area contributed by atoms with E-state index in [1.165, 1.54) is 23.9 Å². The highest BCUT2D eigenvalue weighted by molar-refractivity contribution is 6.31. The molecule has 0 fully saturated rings. The molecule has 0 saturated carbocycles. The van der Waals surface area contributed by atoms with E-state index in [1.807, 2.05) is 6.92 Å². The molecule has 0 aliphatic rings. The Hall–Kier alpha value is -3.57. The number of nitrogens with zero attached hydrogens (tertiary/aromatic N) is 4. The lowest BCUT2D eigenvalue weighted by molar-refractivity contribution is -0.147. The second kappa shape index (κ2) is 10.8. The van der Waals surface area contributed by atoms with Gasteiger partial charge in [0.15, 0.2) is 0 Å². The highest BCUT2D eigenvalue weighted by Gasteiger charge is 2.26. The number of benzene rings is 1. The molecule has 0 radical (unpaired) electrons. The van der Waals surface area contributed by atoms with Gasteiger partial charge in [-0.2, -0.15) is 10.4 Å². The summed E-state index contributed by atoms with van der Waals surface area (Å²) in [6.45, 7) is 2.27. The Bertz CT molecular complexity index is 1240. The first-order valence-corrected chi connectivity index (χ1v) is 10.9. The third-order valence-electron chi connectivity index (χ3n) is 5.18. The van der Waals surface area contributed by atoms with E-state index in [4.69, 9.17) is 21.1 Å². The molecule has 2 aromatic heterocycles. The topological polar surface area (TPSA) is 99.1 Å². The van der Waals surface area contributed by atoms with E-state index in [0.29, 0.717) is 33.2 Å². The summed E-state index contributed by atoms with van der Waals surface area (Å²) in [4.78, 5) is 26.2. The third-order valence-corrected chi connectivity index (χ3v) is 5.41. The Morgan fingerprint density at radius 3 is 2.70 bits per heavy atom. The maximum absolute atomic E-state index is 13.2. The number of rotatable bonds is 9. The number of aryl methyl sites for hydroxylation is 1. The predicted molar refractivity (Wildman–Crippen MR) is 124 cm³/mol. The van der Waals surface area contributed by atoms with Crippen LogP contribution in [-0.2, 0) is 23.0 Å². The zero-order valence-electron chi connectivity index (χ0n) is 18.7. The number of aromatic nitrogens is 3. The molecule has 0 spiro atoms. The van der Waals surface area contributed by atoms with Gasteiger partial charge in [-0.15, -0.1) is 0 Å². The third kappa shape index (κ3) is 5.62. The van der Waals surface area contributed by atoms with Gasteiger partial charge in [-0.3, -0.25) is 14.0 Å². The van der Waals surface area contributed by atoms with Crippen LogP contribution in [0.15, 0.2) is 47.5 Å². The highest BCUT2D eigenvalue weighted by atomic mass is 35.5. The average molecular weight is 469 g/mol. The Kier molecular flexibility index (Phi) is 7.91. The van der Waals surface area contributed by atoms with Gasteiger partial charge in [0.1, 0.15) is 11.8 Å². The molecule has 0 aliphatic heterocycles. The van der Waals surface area contributed by atoms with Crippen molar-refractivity contribution in [2.45, 2.75) is 32.2 Å². The summed E-state index contributed by atoms with van der Waals surface area (Å²) < 4.78 is 13.9. The van der Waals surface area contributed by atoms with Crippen LogP contribution in [0.5, 0.6) is 5.75 Å². The molecular formula is C24H25ClN4O4. The van der Waals surface area contributed by atoms with E-state index >= 15 is 0 Å². The summed E-state index contributed by atoms with van der Waals surface area (Å²) in [5.41, 5.74) is 1.43. The van der Waals surface area contributed by atoms with Crippen LogP contribution in [0.4, 0.5) is 0 Å². The monoisotopic (exact) mass is 468 g/mol. The molecule has 3 aromatic rings. The van der Waals surface area contributed by atoms with Crippen LogP contribution in [0, 0.1) is 11.3 Å². The maximum atomic E-state index is 13.2. The fourth-order valence-electron chi connectivity index (χ4n) is 3.46. The standard InChI is InChI=1S/C24H25ClN4O4/c1-4-5-10-33-24(31)21(12-18-8-9-28(2)27-18)29-15-22(32-3)20(13-23(29)30)19-11-17(25)7-6-16(19)14-26/h6-9,11,13,15,21H,4-5,10,12H2,1-3H3. The largest absolute Gasteiger partial charge is 0.495 e. The normalized spacial score (nSPS) is 11.6. The smallest absolute Gasteiger partial charge is 0.329 e. The second-order valence-corrected chi connectivity index (χ2v) is 7.96. The Balaban J connectivity index is 2.09. The lowest BCUT2D eigenvalue weighted by Gasteiger charge is -2.20. The SMILES string of the molecule is CCCCOC(=O)C(Cc1ccn(C)n1)n1cc(OC)c(-c2cc(Cl)ccc2C#N)cc1=O. The van der Waals surface area contributed by atoms with Crippen molar-refractivity contribution in [3.63, 3.8) is 0 Å². The number of carbonyl (C=O) groups is 1. The summed E-state index contributed by atoms with van der Waals surface area (Å²) in [7, 11) is 3.23. The van der Waals surface area contributed by atoms with E-state index in [9.17, 15) is 14.9 Å². The van der Waals surface area contributed by atoms with Crippen molar-refractivity contribution in [1.29, 1.82) is 5.26 Å². The number of methoxy groups -OCH3 is 1. The molecule has 172 valence electrons. The van der Waals surface area contributed by atoms with Crippen LogP contribution in [0.25, 0.3) is 11.1 Å². The molecule has 1 aromatic carbocycles. The molecule has 0 N–H and O–H groups in total. The molecular weight excluding hydrogens is 444 g/mol. The van der Waals surface area contributed by atoms with Crippen molar-refractivity contribution < 1.29 is 14.3 Å². The minimum absolute atomic E-state index is 0.175. The number of hydrogen-bond donors (Lipinski definition) is 0. The molecule has 1 unspecified atom stereocenters. The maximum Gasteiger partial charge on any atom is 0.329 e. The van der Waals surface area contributed by atoms with Crippen LogP contribution in [0.2, 0.25) is 5.02 Å². The van der Waals surface area contributed by atoms with Crippen molar-refractivity contribution in [3.8, 4) is 22.9 Å². The van der Waals surface area contributed by atoms with Gasteiger partial charge in [-0.25, -0.2) is 4.79 Å². The second-order valence-electron chi connectivity index (χ2n) is 7.52. The Morgan fingerprint density at radius 2 is 2.06 bits per heavy atom. The van der Waals surface area contributed by atoms with Crippen LogP contribution < -0.4 is 10.3 Å². The minimum Gasteiger partial charge on any atom is -0.495 e. The molecule has 1 atom stereocenters. The van der Waals surface area contributed by atoms with E-state index in [2.05, 4.69) is 11.2 Å². The van der Waals surface area contributed by atoms with Crippen molar-refractivity contribution in [2.24, 2.45) is 7.05 Å². The zero-order valence-corrected chi connectivity index (χ0v) is 19.5. The zero-order chi connectivity index (χ0) is 24.0. The first kappa shape index (κ1) is 24.1. The quantitative estimate of drug-likeness (QED) is 0.348. The van der Waals surface area contributed by atoms with Gasteiger partial charge in [0.25, 0.3) is 5.56 Å². The average Bonchev–Trinajstić information content (AvgIpc) is 3.22. The summed E-state index contributed by atoms with van der Waals surface area (Å²) in [6.07, 6.45) is 5.01. The van der Waals surface area contributed by atoms with Gasteiger partial charge in [-0.05, 0) is 30.7 Å². The molecule has 2 heterocycles. The van der Waals surface area contributed by atoms with Gasteiger partial charge < -0.3 is 9.47 Å². The van der Waals surface area contributed by atoms with Crippen molar-refractivity contribution in [3.05, 3.63) is 69.4 Å². The van der Waals surface area contributed by atoms with Crippen molar-refractivity contribution in [2.75, 3.05) is 13.7 Å².